The van der Waals surface area contributed by atoms with Gasteiger partial charge in [0.15, 0.2) is 5.21 Å². The molecule has 3 aromatic rings. The molecule has 0 atom stereocenters. The van der Waals surface area contributed by atoms with Gasteiger partial charge in [-0.2, -0.15) is 0 Å². The fraction of sp³-hybridized carbons (Fsp3) is 0.0667. The fourth-order valence-corrected chi connectivity index (χ4v) is 2.20. The van der Waals surface area contributed by atoms with Gasteiger partial charge in [0.2, 0.25) is 0 Å². The van der Waals surface area contributed by atoms with E-state index in [0.29, 0.717) is 16.8 Å². The molecule has 2 N–H and O–H groups in total. The van der Waals surface area contributed by atoms with Crippen molar-refractivity contribution in [2.75, 3.05) is 5.32 Å². The van der Waals surface area contributed by atoms with Crippen LogP contribution in [-0.4, -0.2) is 21.4 Å². The Balaban J connectivity index is 1.86. The number of nitrogens with one attached hydrogen (secondary N) is 2. The zero-order valence-corrected chi connectivity index (χ0v) is 12.2. The van der Waals surface area contributed by atoms with Gasteiger partial charge in [-0.1, -0.05) is 17.3 Å². The molecule has 0 spiro atoms. The standard InChI is InChI=1S/C15H12N6O2/c1-10-13(6-3-7-14(10)18-23)15(22)17-11-4-2-5-12(8-11)21-9-16-19-20-21/h2-9H,1H3,(H,17,22)/p+1. The van der Waals surface area contributed by atoms with Gasteiger partial charge in [0.05, 0.1) is 0 Å². The van der Waals surface area contributed by atoms with Crippen LogP contribution < -0.4 is 10.00 Å². The molecule has 0 bridgehead atoms. The van der Waals surface area contributed by atoms with Crippen LogP contribution in [0, 0.1) is 11.8 Å². The third-order valence-electron chi connectivity index (χ3n) is 3.41. The van der Waals surface area contributed by atoms with E-state index in [4.69, 9.17) is 0 Å². The van der Waals surface area contributed by atoms with Crippen LogP contribution in [0.1, 0.15) is 15.9 Å². The Kier molecular flexibility index (Phi) is 3.88. The molecule has 2 aromatic carbocycles. The minimum atomic E-state index is -0.308. The Morgan fingerprint density at radius 3 is 2.83 bits per heavy atom. The Morgan fingerprint density at radius 2 is 2.09 bits per heavy atom. The van der Waals surface area contributed by atoms with E-state index >= 15 is 0 Å². The van der Waals surface area contributed by atoms with Crippen LogP contribution in [0.15, 0.2) is 54.0 Å². The van der Waals surface area contributed by atoms with E-state index in [1.807, 2.05) is 6.07 Å². The average Bonchev–Trinajstić information content (AvgIpc) is 3.10. The van der Waals surface area contributed by atoms with Gasteiger partial charge >= 0.3 is 0 Å². The van der Waals surface area contributed by atoms with Crippen molar-refractivity contribution >= 4 is 17.3 Å². The lowest BCUT2D eigenvalue weighted by atomic mass is 10.1. The lowest BCUT2D eigenvalue weighted by molar-refractivity contribution is -0.660. The molecule has 114 valence electrons. The van der Waals surface area contributed by atoms with Crippen LogP contribution in [0.2, 0.25) is 0 Å². The van der Waals surface area contributed by atoms with Crippen molar-refractivity contribution in [3.05, 3.63) is 64.8 Å². The molecule has 1 aromatic heterocycles. The summed E-state index contributed by atoms with van der Waals surface area (Å²) in [6, 6.07) is 12.0. The first-order chi connectivity index (χ1) is 11.2. The Hall–Kier alpha value is -3.42. The smallest absolute Gasteiger partial charge is 0.293 e. The van der Waals surface area contributed by atoms with Crippen LogP contribution in [0.25, 0.3) is 5.69 Å². The number of nitroso groups, excluding NO2 is 1. The third-order valence-corrected chi connectivity index (χ3v) is 3.41. The SMILES string of the molecule is Cc1c(N=O)cccc1C(=O)Nc1cccc(-[n+]2cnn[nH]2)c1. The van der Waals surface area contributed by atoms with Crippen LogP contribution in [-0.2, 0) is 0 Å². The quantitative estimate of drug-likeness (QED) is 0.568. The average molecular weight is 309 g/mol. The molecule has 3 rings (SSSR count). The molecular formula is C15H13N6O2+. The summed E-state index contributed by atoms with van der Waals surface area (Å²) in [5, 5.41) is 15.7. The van der Waals surface area contributed by atoms with Crippen LogP contribution in [0.3, 0.4) is 0 Å². The summed E-state index contributed by atoms with van der Waals surface area (Å²) in [5.41, 5.74) is 2.59. The number of carbonyl (C=O) groups excluding carboxylic acids is 1. The van der Waals surface area contributed by atoms with Crippen molar-refractivity contribution < 1.29 is 9.48 Å². The molecule has 0 radical (unpaired) electrons. The molecule has 0 unspecified atom stereocenters. The molecule has 0 saturated carbocycles. The first-order valence-corrected chi connectivity index (χ1v) is 6.81. The van der Waals surface area contributed by atoms with E-state index in [1.54, 1.807) is 48.0 Å². The number of aromatic nitrogens is 4. The second kappa shape index (κ2) is 6.14. The molecule has 8 heteroatoms. The van der Waals surface area contributed by atoms with Gasteiger partial charge in [-0.3, -0.25) is 4.79 Å². The van der Waals surface area contributed by atoms with Crippen LogP contribution >= 0.6 is 0 Å². The number of rotatable bonds is 4. The van der Waals surface area contributed by atoms with E-state index in [-0.39, 0.29) is 11.6 Å². The van der Waals surface area contributed by atoms with Gasteiger partial charge in [-0.15, -0.1) is 9.59 Å². The predicted octanol–water partition coefficient (Wildman–Crippen LogP) is 2.04. The summed E-state index contributed by atoms with van der Waals surface area (Å²) < 4.78 is 1.61. The van der Waals surface area contributed by atoms with Crippen molar-refractivity contribution in [2.45, 2.75) is 6.92 Å². The zero-order chi connectivity index (χ0) is 16.2. The molecule has 0 aliphatic rings. The molecule has 0 aliphatic heterocycles. The minimum absolute atomic E-state index is 0.255. The van der Waals surface area contributed by atoms with E-state index in [1.165, 1.54) is 6.33 Å². The van der Waals surface area contributed by atoms with Crippen molar-refractivity contribution in [3.63, 3.8) is 0 Å². The monoisotopic (exact) mass is 309 g/mol. The highest BCUT2D eigenvalue weighted by Gasteiger charge is 2.13. The normalized spacial score (nSPS) is 10.3. The summed E-state index contributed by atoms with van der Waals surface area (Å²) in [4.78, 5) is 23.1. The zero-order valence-electron chi connectivity index (χ0n) is 12.2. The number of carbonyl (C=O) groups is 1. The van der Waals surface area contributed by atoms with E-state index in [9.17, 15) is 9.70 Å². The number of tetrazole rings is 1. The summed E-state index contributed by atoms with van der Waals surface area (Å²) in [5.74, 6) is -0.308. The summed E-state index contributed by atoms with van der Waals surface area (Å²) >= 11 is 0. The molecule has 1 amide bonds. The maximum absolute atomic E-state index is 12.4. The molecule has 8 nitrogen and oxygen atoms in total. The van der Waals surface area contributed by atoms with Gasteiger partial charge in [-0.25, -0.2) is 0 Å². The molecule has 0 fully saturated rings. The number of H-pyrrole nitrogens is 1. The van der Waals surface area contributed by atoms with Crippen molar-refractivity contribution in [1.29, 1.82) is 0 Å². The second-order valence-corrected chi connectivity index (χ2v) is 4.85. The van der Waals surface area contributed by atoms with Crippen molar-refractivity contribution in [3.8, 4) is 5.69 Å². The lowest BCUT2D eigenvalue weighted by Gasteiger charge is -2.09. The Morgan fingerprint density at radius 1 is 1.26 bits per heavy atom. The maximum atomic E-state index is 12.4. The third kappa shape index (κ3) is 2.95. The number of hydrogen-bond donors (Lipinski definition) is 2. The number of hydrogen-bond acceptors (Lipinski definition) is 5. The van der Waals surface area contributed by atoms with E-state index in [0.717, 1.165) is 5.69 Å². The topological polar surface area (TPSA) is 104 Å². The first kappa shape index (κ1) is 14.5. The van der Waals surface area contributed by atoms with Gasteiger partial charge in [0.25, 0.3) is 12.2 Å². The van der Waals surface area contributed by atoms with Gasteiger partial charge in [0.1, 0.15) is 16.5 Å². The molecular weight excluding hydrogens is 296 g/mol. The van der Waals surface area contributed by atoms with Gasteiger partial charge < -0.3 is 5.32 Å². The minimum Gasteiger partial charge on any atom is -0.322 e. The number of aromatic amines is 1. The maximum Gasteiger partial charge on any atom is 0.293 e. The highest BCUT2D eigenvalue weighted by atomic mass is 16.3. The van der Waals surface area contributed by atoms with Crippen LogP contribution in [0.4, 0.5) is 11.4 Å². The predicted molar refractivity (Wildman–Crippen MR) is 82.5 cm³/mol. The number of anilines is 1. The number of nitrogens with zero attached hydrogens (tertiary/aromatic N) is 4. The van der Waals surface area contributed by atoms with E-state index in [2.05, 4.69) is 26.0 Å². The fourth-order valence-electron chi connectivity index (χ4n) is 2.20. The van der Waals surface area contributed by atoms with Gasteiger partial charge in [0, 0.05) is 17.3 Å². The molecule has 0 saturated heterocycles. The number of amides is 1. The Bertz CT molecular complexity index is 860. The highest BCUT2D eigenvalue weighted by molar-refractivity contribution is 6.06. The molecule has 23 heavy (non-hydrogen) atoms. The van der Waals surface area contributed by atoms with Crippen LogP contribution in [0.5, 0.6) is 0 Å². The lowest BCUT2D eigenvalue weighted by Crippen LogP contribution is -2.32. The van der Waals surface area contributed by atoms with Crippen molar-refractivity contribution in [2.24, 2.45) is 5.18 Å². The largest absolute Gasteiger partial charge is 0.322 e. The summed E-state index contributed by atoms with van der Waals surface area (Å²) in [6.45, 7) is 1.69. The van der Waals surface area contributed by atoms with Gasteiger partial charge in [-0.05, 0) is 41.9 Å². The molecule has 1 heterocycles. The first-order valence-electron chi connectivity index (χ1n) is 6.81. The Labute approximate surface area is 131 Å². The number of benzene rings is 2. The summed E-state index contributed by atoms with van der Waals surface area (Å²) in [7, 11) is 0. The highest BCUT2D eigenvalue weighted by Crippen LogP contribution is 2.22. The van der Waals surface area contributed by atoms with E-state index < -0.39 is 0 Å². The summed E-state index contributed by atoms with van der Waals surface area (Å²) in [6.07, 6.45) is 1.52. The second-order valence-electron chi connectivity index (χ2n) is 4.85. The van der Waals surface area contributed by atoms with Crippen molar-refractivity contribution in [1.82, 2.24) is 15.5 Å². The molecule has 0 aliphatic carbocycles.